The maximum absolute atomic E-state index is 11.1. The smallest absolute Gasteiger partial charge is 0.262 e. The molecule has 5 nitrogen and oxygen atoms in total. The van der Waals surface area contributed by atoms with Crippen molar-refractivity contribution >= 4 is 16.8 Å². The van der Waals surface area contributed by atoms with Crippen LogP contribution in [0.15, 0.2) is 36.5 Å². The SMILES string of the molecule is N[C@@H](Cn1ccc2ccccc21)C(=O)NO. The van der Waals surface area contributed by atoms with Crippen molar-refractivity contribution < 1.29 is 10.0 Å². The minimum atomic E-state index is -0.763. The van der Waals surface area contributed by atoms with Crippen LogP contribution in [0.2, 0.25) is 0 Å². The average molecular weight is 219 g/mol. The average Bonchev–Trinajstić information content (AvgIpc) is 2.72. The zero-order valence-electron chi connectivity index (χ0n) is 8.63. The lowest BCUT2D eigenvalue weighted by Crippen LogP contribution is -2.41. The number of nitrogens with one attached hydrogen (secondary N) is 1. The monoisotopic (exact) mass is 219 g/mol. The minimum absolute atomic E-state index is 0.333. The number of hydrogen-bond donors (Lipinski definition) is 3. The van der Waals surface area contributed by atoms with Gasteiger partial charge in [-0.1, -0.05) is 18.2 Å². The van der Waals surface area contributed by atoms with E-state index in [1.54, 1.807) is 5.48 Å². The van der Waals surface area contributed by atoms with Crippen molar-refractivity contribution in [3.8, 4) is 0 Å². The van der Waals surface area contributed by atoms with Crippen LogP contribution in [-0.4, -0.2) is 21.7 Å². The highest BCUT2D eigenvalue weighted by Gasteiger charge is 2.13. The number of nitrogens with two attached hydrogens (primary N) is 1. The normalized spacial score (nSPS) is 12.6. The first-order valence-corrected chi connectivity index (χ1v) is 4.96. The van der Waals surface area contributed by atoms with Gasteiger partial charge in [-0.25, -0.2) is 5.48 Å². The third kappa shape index (κ3) is 1.91. The van der Waals surface area contributed by atoms with Crippen molar-refractivity contribution in [2.75, 3.05) is 0 Å². The summed E-state index contributed by atoms with van der Waals surface area (Å²) in [6, 6.07) is 9.02. The van der Waals surface area contributed by atoms with E-state index in [1.165, 1.54) is 0 Å². The van der Waals surface area contributed by atoms with Gasteiger partial charge in [-0.2, -0.15) is 0 Å². The zero-order valence-corrected chi connectivity index (χ0v) is 8.63. The van der Waals surface area contributed by atoms with Crippen molar-refractivity contribution in [3.63, 3.8) is 0 Å². The molecule has 1 amide bonds. The predicted molar refractivity (Wildman–Crippen MR) is 59.8 cm³/mol. The first-order valence-electron chi connectivity index (χ1n) is 4.96. The van der Waals surface area contributed by atoms with Gasteiger partial charge in [0, 0.05) is 18.3 Å². The molecular formula is C11H13N3O2. The van der Waals surface area contributed by atoms with E-state index in [9.17, 15) is 4.79 Å². The number of aromatic nitrogens is 1. The van der Waals surface area contributed by atoms with Crippen LogP contribution in [-0.2, 0) is 11.3 Å². The number of benzene rings is 1. The molecule has 2 rings (SSSR count). The molecule has 0 saturated carbocycles. The molecule has 4 N–H and O–H groups in total. The van der Waals surface area contributed by atoms with Gasteiger partial charge in [0.15, 0.2) is 0 Å². The molecular weight excluding hydrogens is 206 g/mol. The van der Waals surface area contributed by atoms with Crippen molar-refractivity contribution in [1.29, 1.82) is 0 Å². The van der Waals surface area contributed by atoms with Crippen molar-refractivity contribution in [3.05, 3.63) is 36.5 Å². The summed E-state index contributed by atoms with van der Waals surface area (Å²) < 4.78 is 1.88. The van der Waals surface area contributed by atoms with Crippen LogP contribution < -0.4 is 11.2 Å². The predicted octanol–water partition coefficient (Wildman–Crippen LogP) is 0.474. The molecule has 1 atom stereocenters. The molecule has 0 fully saturated rings. The number of carbonyl (C=O) groups is 1. The molecule has 0 saturated heterocycles. The molecule has 0 aliphatic rings. The van der Waals surface area contributed by atoms with Crippen molar-refractivity contribution in [2.24, 2.45) is 5.73 Å². The van der Waals surface area contributed by atoms with Crippen LogP contribution in [0.25, 0.3) is 10.9 Å². The van der Waals surface area contributed by atoms with Gasteiger partial charge in [0.2, 0.25) is 0 Å². The fraction of sp³-hybridized carbons (Fsp3) is 0.182. The summed E-state index contributed by atoms with van der Waals surface area (Å²) in [7, 11) is 0. The van der Waals surface area contributed by atoms with Crippen LogP contribution in [0.3, 0.4) is 0 Å². The van der Waals surface area contributed by atoms with Gasteiger partial charge < -0.3 is 10.3 Å². The number of carbonyl (C=O) groups excluding carboxylic acids is 1. The fourth-order valence-corrected chi connectivity index (χ4v) is 1.68. The lowest BCUT2D eigenvalue weighted by Gasteiger charge is -2.11. The van der Waals surface area contributed by atoms with Crippen molar-refractivity contribution in [1.82, 2.24) is 10.0 Å². The minimum Gasteiger partial charge on any atom is -0.345 e. The Labute approximate surface area is 92.4 Å². The number of nitrogens with zero attached hydrogens (tertiary/aromatic N) is 1. The van der Waals surface area contributed by atoms with E-state index in [4.69, 9.17) is 10.9 Å². The number of fused-ring (bicyclic) bond motifs is 1. The molecule has 1 aromatic heterocycles. The zero-order chi connectivity index (χ0) is 11.5. The Kier molecular flexibility index (Phi) is 2.89. The number of hydroxylamine groups is 1. The molecule has 0 aliphatic carbocycles. The number of hydrogen-bond acceptors (Lipinski definition) is 3. The fourth-order valence-electron chi connectivity index (χ4n) is 1.68. The Morgan fingerprint density at radius 2 is 2.19 bits per heavy atom. The summed E-state index contributed by atoms with van der Waals surface area (Å²) in [5.41, 5.74) is 8.18. The maximum Gasteiger partial charge on any atom is 0.262 e. The maximum atomic E-state index is 11.1. The van der Waals surface area contributed by atoms with E-state index >= 15 is 0 Å². The molecule has 0 bridgehead atoms. The second-order valence-electron chi connectivity index (χ2n) is 3.61. The molecule has 0 unspecified atom stereocenters. The lowest BCUT2D eigenvalue weighted by atomic mass is 10.2. The summed E-state index contributed by atoms with van der Waals surface area (Å²) in [5.74, 6) is -0.585. The van der Waals surface area contributed by atoms with Gasteiger partial charge >= 0.3 is 0 Å². The van der Waals surface area contributed by atoms with Crippen LogP contribution in [0, 0.1) is 0 Å². The number of para-hydroxylation sites is 1. The Balaban J connectivity index is 2.24. The molecule has 0 radical (unpaired) electrons. The number of rotatable bonds is 3. The van der Waals surface area contributed by atoms with Gasteiger partial charge in [-0.15, -0.1) is 0 Å². The van der Waals surface area contributed by atoms with Crippen LogP contribution >= 0.6 is 0 Å². The Morgan fingerprint density at radius 1 is 1.44 bits per heavy atom. The first-order chi connectivity index (χ1) is 7.72. The molecule has 2 aromatic rings. The molecule has 1 aromatic carbocycles. The Bertz CT molecular complexity index is 507. The van der Waals surface area contributed by atoms with E-state index < -0.39 is 11.9 Å². The van der Waals surface area contributed by atoms with Crippen LogP contribution in [0.5, 0.6) is 0 Å². The van der Waals surface area contributed by atoms with Gasteiger partial charge in [0.25, 0.3) is 5.91 Å². The van der Waals surface area contributed by atoms with E-state index in [0.717, 1.165) is 10.9 Å². The Hall–Kier alpha value is -1.85. The topological polar surface area (TPSA) is 80.3 Å². The third-order valence-electron chi connectivity index (χ3n) is 2.52. The molecule has 0 spiro atoms. The van der Waals surface area contributed by atoms with Gasteiger partial charge in [0.1, 0.15) is 6.04 Å². The van der Waals surface area contributed by atoms with E-state index in [-0.39, 0.29) is 0 Å². The van der Waals surface area contributed by atoms with E-state index in [0.29, 0.717) is 6.54 Å². The highest BCUT2D eigenvalue weighted by Crippen LogP contribution is 2.15. The highest BCUT2D eigenvalue weighted by atomic mass is 16.5. The van der Waals surface area contributed by atoms with E-state index in [2.05, 4.69) is 0 Å². The third-order valence-corrected chi connectivity index (χ3v) is 2.52. The van der Waals surface area contributed by atoms with Crippen molar-refractivity contribution in [2.45, 2.75) is 12.6 Å². The molecule has 5 heteroatoms. The molecule has 1 heterocycles. The largest absolute Gasteiger partial charge is 0.345 e. The first kappa shape index (κ1) is 10.7. The quantitative estimate of drug-likeness (QED) is 0.518. The standard InChI is InChI=1S/C11H13N3O2/c12-9(11(15)13-16)7-14-6-5-8-3-1-2-4-10(8)14/h1-6,9,16H,7,12H2,(H,13,15)/t9-/m0/s1. The van der Waals surface area contributed by atoms with Gasteiger partial charge in [0.05, 0.1) is 0 Å². The summed E-state index contributed by atoms with van der Waals surface area (Å²) in [4.78, 5) is 11.1. The summed E-state index contributed by atoms with van der Waals surface area (Å²) in [6.07, 6.45) is 1.87. The summed E-state index contributed by atoms with van der Waals surface area (Å²) >= 11 is 0. The van der Waals surface area contributed by atoms with E-state index in [1.807, 2.05) is 41.1 Å². The molecule has 16 heavy (non-hydrogen) atoms. The molecule has 84 valence electrons. The van der Waals surface area contributed by atoms with Crippen LogP contribution in [0.4, 0.5) is 0 Å². The summed E-state index contributed by atoms with van der Waals surface area (Å²) in [6.45, 7) is 0.333. The Morgan fingerprint density at radius 3 is 2.94 bits per heavy atom. The highest BCUT2D eigenvalue weighted by molar-refractivity contribution is 5.82. The second-order valence-corrected chi connectivity index (χ2v) is 3.61. The van der Waals surface area contributed by atoms with Gasteiger partial charge in [-0.05, 0) is 17.5 Å². The molecule has 0 aliphatic heterocycles. The summed E-state index contributed by atoms with van der Waals surface area (Å²) in [5, 5.41) is 9.55. The second kappa shape index (κ2) is 4.34. The van der Waals surface area contributed by atoms with Crippen LogP contribution in [0.1, 0.15) is 0 Å². The number of amides is 1. The lowest BCUT2D eigenvalue weighted by molar-refractivity contribution is -0.130. The van der Waals surface area contributed by atoms with Gasteiger partial charge in [-0.3, -0.25) is 10.0 Å².